The summed E-state index contributed by atoms with van der Waals surface area (Å²) in [6.45, 7) is 0.142. The Balaban J connectivity index is 1.76. The molecule has 2 amide bonds. The van der Waals surface area contributed by atoms with E-state index < -0.39 is 17.7 Å². The lowest BCUT2D eigenvalue weighted by molar-refractivity contribution is 0.246. The summed E-state index contributed by atoms with van der Waals surface area (Å²) in [5.74, 6) is -1.58. The smallest absolute Gasteiger partial charge is 0.319 e. The Hall–Kier alpha value is -2.05. The highest BCUT2D eigenvalue weighted by atomic mass is 35.5. The summed E-state index contributed by atoms with van der Waals surface area (Å²) in [4.78, 5) is 11.7. The lowest BCUT2D eigenvalue weighted by Gasteiger charge is -2.10. The zero-order valence-electron chi connectivity index (χ0n) is 11.7. The number of nitrogens with one attached hydrogen (secondary N) is 2. The van der Waals surface area contributed by atoms with E-state index in [-0.39, 0.29) is 18.9 Å². The molecular weight excluding hydrogens is 349 g/mol. The highest BCUT2D eigenvalue weighted by Gasteiger charge is 2.06. The molecule has 0 fully saturated rings. The molecule has 8 heteroatoms. The third-order valence-electron chi connectivity index (χ3n) is 2.66. The number of amides is 2. The van der Waals surface area contributed by atoms with Gasteiger partial charge in [0.2, 0.25) is 0 Å². The maximum absolute atomic E-state index is 13.3. The van der Waals surface area contributed by atoms with Gasteiger partial charge in [-0.15, -0.1) is 0 Å². The Morgan fingerprint density at radius 1 is 1.09 bits per heavy atom. The summed E-state index contributed by atoms with van der Waals surface area (Å²) in [5, 5.41) is 5.84. The zero-order chi connectivity index (χ0) is 16.8. The van der Waals surface area contributed by atoms with Crippen molar-refractivity contribution in [3.8, 4) is 5.75 Å². The second-order valence-corrected chi connectivity index (χ2v) is 5.34. The van der Waals surface area contributed by atoms with Crippen LogP contribution in [0.1, 0.15) is 0 Å². The first-order chi connectivity index (χ1) is 10.9. The van der Waals surface area contributed by atoms with Gasteiger partial charge in [-0.2, -0.15) is 0 Å². The van der Waals surface area contributed by atoms with E-state index in [1.165, 1.54) is 24.3 Å². The minimum atomic E-state index is -0.803. The summed E-state index contributed by atoms with van der Waals surface area (Å²) >= 11 is 11.6. The van der Waals surface area contributed by atoms with Gasteiger partial charge in [-0.25, -0.2) is 13.6 Å². The largest absolute Gasteiger partial charge is 0.489 e. The van der Waals surface area contributed by atoms with E-state index in [4.69, 9.17) is 27.9 Å². The van der Waals surface area contributed by atoms with E-state index in [1.54, 1.807) is 0 Å². The summed E-state index contributed by atoms with van der Waals surface area (Å²) in [7, 11) is 0. The molecule has 0 aliphatic heterocycles. The van der Waals surface area contributed by atoms with Crippen LogP contribution in [0.15, 0.2) is 36.4 Å². The average molecular weight is 361 g/mol. The van der Waals surface area contributed by atoms with Crippen LogP contribution in [0.5, 0.6) is 5.75 Å². The molecular formula is C15H12Cl2F2N2O2. The van der Waals surface area contributed by atoms with Crippen LogP contribution in [0, 0.1) is 11.6 Å². The fraction of sp³-hybridized carbons (Fsp3) is 0.133. The monoisotopic (exact) mass is 360 g/mol. The van der Waals surface area contributed by atoms with Gasteiger partial charge in [-0.1, -0.05) is 23.2 Å². The Labute approximate surface area is 141 Å². The lowest BCUT2D eigenvalue weighted by atomic mass is 10.3. The minimum Gasteiger partial charge on any atom is -0.489 e. The topological polar surface area (TPSA) is 50.4 Å². The molecule has 0 heterocycles. The standard InChI is InChI=1S/C15H12Cl2F2N2O2/c16-9-5-10(17)7-12(6-9)21-15(22)20-3-4-23-14-2-1-11(18)8-13(14)19/h1-2,5-8H,3-4H2,(H2,20,21,22). The molecule has 23 heavy (non-hydrogen) atoms. The summed E-state index contributed by atoms with van der Waals surface area (Å²) < 4.78 is 31.1. The molecule has 0 saturated carbocycles. The highest BCUT2D eigenvalue weighted by Crippen LogP contribution is 2.22. The second kappa shape index (κ2) is 7.99. The SMILES string of the molecule is O=C(NCCOc1ccc(F)cc1F)Nc1cc(Cl)cc(Cl)c1. The molecule has 122 valence electrons. The number of hydrogen-bond acceptors (Lipinski definition) is 2. The van der Waals surface area contributed by atoms with Crippen molar-refractivity contribution in [2.45, 2.75) is 0 Å². The molecule has 0 radical (unpaired) electrons. The van der Waals surface area contributed by atoms with E-state index in [1.807, 2.05) is 0 Å². The van der Waals surface area contributed by atoms with Crippen molar-refractivity contribution in [1.82, 2.24) is 5.32 Å². The molecule has 2 N–H and O–H groups in total. The molecule has 4 nitrogen and oxygen atoms in total. The third kappa shape index (κ3) is 5.58. The van der Waals surface area contributed by atoms with Gasteiger partial charge in [-0.05, 0) is 30.3 Å². The van der Waals surface area contributed by atoms with Crippen LogP contribution in [-0.4, -0.2) is 19.2 Å². The van der Waals surface area contributed by atoms with Crippen LogP contribution in [0.2, 0.25) is 10.0 Å². The van der Waals surface area contributed by atoms with Crippen LogP contribution in [-0.2, 0) is 0 Å². The lowest BCUT2D eigenvalue weighted by Crippen LogP contribution is -2.32. The molecule has 0 bridgehead atoms. The number of carbonyl (C=O) groups excluding carboxylic acids is 1. The van der Waals surface area contributed by atoms with Crippen molar-refractivity contribution in [3.63, 3.8) is 0 Å². The molecule has 0 aromatic heterocycles. The summed E-state index contributed by atoms with van der Waals surface area (Å²) in [6.07, 6.45) is 0. The first-order valence-electron chi connectivity index (χ1n) is 6.53. The normalized spacial score (nSPS) is 10.3. The number of carbonyl (C=O) groups is 1. The first-order valence-corrected chi connectivity index (χ1v) is 7.28. The molecule has 0 aliphatic rings. The van der Waals surface area contributed by atoms with Gasteiger partial charge in [0.05, 0.1) is 6.54 Å². The number of urea groups is 1. The number of halogens is 4. The van der Waals surface area contributed by atoms with Gasteiger partial charge in [-0.3, -0.25) is 0 Å². The van der Waals surface area contributed by atoms with E-state index in [0.29, 0.717) is 15.7 Å². The quantitative estimate of drug-likeness (QED) is 0.772. The summed E-state index contributed by atoms with van der Waals surface area (Å²) in [5.41, 5.74) is 0.436. The van der Waals surface area contributed by atoms with Crippen molar-refractivity contribution in [1.29, 1.82) is 0 Å². The van der Waals surface area contributed by atoms with Gasteiger partial charge in [0.25, 0.3) is 0 Å². The Bertz CT molecular complexity index is 694. The van der Waals surface area contributed by atoms with E-state index in [0.717, 1.165) is 12.1 Å². The van der Waals surface area contributed by atoms with Gasteiger partial charge < -0.3 is 15.4 Å². The molecule has 0 unspecified atom stereocenters. The maximum Gasteiger partial charge on any atom is 0.319 e. The van der Waals surface area contributed by atoms with E-state index in [2.05, 4.69) is 10.6 Å². The summed E-state index contributed by atoms with van der Waals surface area (Å²) in [6, 6.07) is 7.11. The van der Waals surface area contributed by atoms with Crippen LogP contribution < -0.4 is 15.4 Å². The van der Waals surface area contributed by atoms with Crippen molar-refractivity contribution in [3.05, 3.63) is 58.1 Å². The number of rotatable bonds is 5. The number of benzene rings is 2. The number of anilines is 1. The van der Waals surface area contributed by atoms with Gasteiger partial charge in [0, 0.05) is 21.8 Å². The zero-order valence-corrected chi connectivity index (χ0v) is 13.2. The van der Waals surface area contributed by atoms with Crippen LogP contribution in [0.25, 0.3) is 0 Å². The van der Waals surface area contributed by atoms with E-state index in [9.17, 15) is 13.6 Å². The molecule has 0 spiro atoms. The van der Waals surface area contributed by atoms with E-state index >= 15 is 0 Å². The fourth-order valence-corrected chi connectivity index (χ4v) is 2.25. The fourth-order valence-electron chi connectivity index (χ4n) is 1.72. The molecule has 2 aromatic carbocycles. The van der Waals surface area contributed by atoms with Gasteiger partial charge in [0.1, 0.15) is 12.4 Å². The van der Waals surface area contributed by atoms with Crippen LogP contribution in [0.3, 0.4) is 0 Å². The van der Waals surface area contributed by atoms with Crippen molar-refractivity contribution < 1.29 is 18.3 Å². The van der Waals surface area contributed by atoms with Crippen LogP contribution >= 0.6 is 23.2 Å². The third-order valence-corrected chi connectivity index (χ3v) is 3.10. The molecule has 0 saturated heterocycles. The van der Waals surface area contributed by atoms with Crippen LogP contribution in [0.4, 0.5) is 19.3 Å². The Morgan fingerprint density at radius 3 is 2.43 bits per heavy atom. The van der Waals surface area contributed by atoms with Crippen molar-refractivity contribution >= 4 is 34.9 Å². The van der Waals surface area contributed by atoms with Gasteiger partial charge >= 0.3 is 6.03 Å². The molecule has 2 aromatic rings. The Morgan fingerprint density at radius 2 is 1.78 bits per heavy atom. The van der Waals surface area contributed by atoms with Crippen molar-refractivity contribution in [2.75, 3.05) is 18.5 Å². The van der Waals surface area contributed by atoms with Gasteiger partial charge in [0.15, 0.2) is 11.6 Å². The van der Waals surface area contributed by atoms with Crippen molar-refractivity contribution in [2.24, 2.45) is 0 Å². The number of ether oxygens (including phenoxy) is 1. The number of hydrogen-bond donors (Lipinski definition) is 2. The Kier molecular flexibility index (Phi) is 6.01. The molecule has 2 rings (SSSR count). The maximum atomic E-state index is 13.3. The second-order valence-electron chi connectivity index (χ2n) is 4.46. The average Bonchev–Trinajstić information content (AvgIpc) is 2.44. The first kappa shape index (κ1) is 17.3. The highest BCUT2D eigenvalue weighted by molar-refractivity contribution is 6.35. The predicted molar refractivity (Wildman–Crippen MR) is 85.3 cm³/mol. The minimum absolute atomic E-state index is 0.0201. The molecule has 0 atom stereocenters. The molecule has 0 aliphatic carbocycles. The predicted octanol–water partition coefficient (Wildman–Crippen LogP) is 4.47.